The average molecular weight is 433 g/mol. The highest BCUT2D eigenvalue weighted by Crippen LogP contribution is 2.47. The Morgan fingerprint density at radius 1 is 0.788 bits per heavy atom. The molecule has 0 unspecified atom stereocenters. The molecule has 0 bridgehead atoms. The zero-order valence-corrected chi connectivity index (χ0v) is 18.2. The minimum Gasteiger partial charge on any atom is -0.489 e. The SMILES string of the molecule is c1ccc(COc2ccc([C@@H]3Oc4ccccc4[C@H]4CC(c5ccccc5)=NN43)cc2)cc1. The van der Waals surface area contributed by atoms with E-state index in [1.54, 1.807) is 0 Å². The first-order valence-corrected chi connectivity index (χ1v) is 11.3. The number of fused-ring (bicyclic) bond motifs is 3. The molecule has 0 amide bonds. The summed E-state index contributed by atoms with van der Waals surface area (Å²) in [6.45, 7) is 0.548. The van der Waals surface area contributed by atoms with Crippen LogP contribution in [0, 0.1) is 0 Å². The van der Waals surface area contributed by atoms with Crippen molar-refractivity contribution in [2.24, 2.45) is 5.10 Å². The van der Waals surface area contributed by atoms with Crippen molar-refractivity contribution in [3.05, 3.63) is 131 Å². The largest absolute Gasteiger partial charge is 0.489 e. The number of nitrogens with zero attached hydrogens (tertiary/aromatic N) is 2. The van der Waals surface area contributed by atoms with Gasteiger partial charge in [-0.2, -0.15) is 5.10 Å². The Kier molecular flexibility index (Phi) is 5.04. The second-order valence-corrected chi connectivity index (χ2v) is 8.36. The van der Waals surface area contributed by atoms with Gasteiger partial charge in [0, 0.05) is 17.5 Å². The summed E-state index contributed by atoms with van der Waals surface area (Å²) >= 11 is 0. The van der Waals surface area contributed by atoms with Gasteiger partial charge in [-0.15, -0.1) is 0 Å². The van der Waals surface area contributed by atoms with E-state index in [0.29, 0.717) is 6.61 Å². The Bertz CT molecular complexity index is 1270. The van der Waals surface area contributed by atoms with Crippen molar-refractivity contribution in [1.29, 1.82) is 0 Å². The highest BCUT2D eigenvalue weighted by atomic mass is 16.5. The van der Waals surface area contributed by atoms with E-state index in [1.165, 1.54) is 5.56 Å². The van der Waals surface area contributed by atoms with Crippen molar-refractivity contribution in [3.8, 4) is 11.5 Å². The van der Waals surface area contributed by atoms with Crippen molar-refractivity contribution in [2.75, 3.05) is 0 Å². The van der Waals surface area contributed by atoms with Crippen LogP contribution in [0.1, 0.15) is 40.9 Å². The Morgan fingerprint density at radius 2 is 1.48 bits per heavy atom. The third-order valence-electron chi connectivity index (χ3n) is 6.22. The van der Waals surface area contributed by atoms with Gasteiger partial charge in [0.2, 0.25) is 6.23 Å². The van der Waals surface area contributed by atoms with Gasteiger partial charge in [-0.1, -0.05) is 78.9 Å². The smallest absolute Gasteiger partial charge is 0.213 e. The fourth-order valence-electron chi connectivity index (χ4n) is 4.53. The van der Waals surface area contributed by atoms with Gasteiger partial charge in [0.1, 0.15) is 18.1 Å². The van der Waals surface area contributed by atoms with E-state index in [9.17, 15) is 0 Å². The summed E-state index contributed by atoms with van der Waals surface area (Å²) in [5, 5.41) is 7.14. The number of hydrogen-bond donors (Lipinski definition) is 0. The van der Waals surface area contributed by atoms with Crippen LogP contribution in [-0.4, -0.2) is 10.7 Å². The molecule has 4 heteroatoms. The van der Waals surface area contributed by atoms with Crippen molar-refractivity contribution in [2.45, 2.75) is 25.3 Å². The summed E-state index contributed by atoms with van der Waals surface area (Å²) < 4.78 is 12.4. The highest BCUT2D eigenvalue weighted by molar-refractivity contribution is 6.01. The summed E-state index contributed by atoms with van der Waals surface area (Å²) in [5.74, 6) is 1.77. The lowest BCUT2D eigenvalue weighted by molar-refractivity contribution is -0.0190. The lowest BCUT2D eigenvalue weighted by Crippen LogP contribution is -2.33. The number of ether oxygens (including phenoxy) is 2. The van der Waals surface area contributed by atoms with Gasteiger partial charge in [-0.25, -0.2) is 5.01 Å². The average Bonchev–Trinajstić information content (AvgIpc) is 3.34. The number of hydrogen-bond acceptors (Lipinski definition) is 4. The maximum Gasteiger partial charge on any atom is 0.213 e. The predicted octanol–water partition coefficient (Wildman–Crippen LogP) is 6.51. The molecule has 162 valence electrons. The summed E-state index contributed by atoms with van der Waals surface area (Å²) in [7, 11) is 0. The molecule has 2 atom stereocenters. The Labute approximate surface area is 193 Å². The molecule has 6 rings (SSSR count). The molecule has 0 N–H and O–H groups in total. The molecule has 33 heavy (non-hydrogen) atoms. The maximum atomic E-state index is 6.46. The van der Waals surface area contributed by atoms with Crippen LogP contribution in [0.2, 0.25) is 0 Å². The molecule has 0 saturated heterocycles. The van der Waals surface area contributed by atoms with Gasteiger partial charge in [0.15, 0.2) is 0 Å². The minimum absolute atomic E-state index is 0.157. The molecule has 0 aliphatic carbocycles. The molecule has 4 nitrogen and oxygen atoms in total. The molecule has 0 fully saturated rings. The van der Waals surface area contributed by atoms with Crippen LogP contribution in [-0.2, 0) is 6.61 Å². The molecule has 0 aromatic heterocycles. The quantitative estimate of drug-likeness (QED) is 0.361. The van der Waals surface area contributed by atoms with Crippen LogP contribution in [0.25, 0.3) is 0 Å². The molecule has 0 radical (unpaired) electrons. The van der Waals surface area contributed by atoms with Gasteiger partial charge < -0.3 is 9.47 Å². The minimum atomic E-state index is -0.283. The fourth-order valence-corrected chi connectivity index (χ4v) is 4.53. The second kappa shape index (κ2) is 8.47. The van der Waals surface area contributed by atoms with E-state index < -0.39 is 0 Å². The zero-order chi connectivity index (χ0) is 22.0. The van der Waals surface area contributed by atoms with Gasteiger partial charge in [0.25, 0.3) is 0 Å². The number of rotatable bonds is 5. The van der Waals surface area contributed by atoms with Crippen LogP contribution in [0.5, 0.6) is 11.5 Å². The number of benzene rings is 4. The van der Waals surface area contributed by atoms with E-state index in [0.717, 1.165) is 40.3 Å². The van der Waals surface area contributed by atoms with Crippen LogP contribution in [0.3, 0.4) is 0 Å². The Balaban J connectivity index is 1.28. The van der Waals surface area contributed by atoms with E-state index >= 15 is 0 Å². The summed E-state index contributed by atoms with van der Waals surface area (Å²) in [6.07, 6.45) is 0.577. The summed E-state index contributed by atoms with van der Waals surface area (Å²) in [4.78, 5) is 0. The van der Waals surface area contributed by atoms with E-state index in [2.05, 4.69) is 71.7 Å². The standard InChI is InChI=1S/C29H24N2O2/c1-3-9-21(10-4-1)20-32-24-17-15-23(16-18-24)29-31-27(25-13-7-8-14-28(25)33-29)19-26(30-31)22-11-5-2-6-12-22/h1-18,27,29H,19-20H2/t27-,29+/m1/s1. The predicted molar refractivity (Wildman–Crippen MR) is 129 cm³/mol. The van der Waals surface area contributed by atoms with Gasteiger partial charge in [-0.05, 0) is 41.5 Å². The molecular weight excluding hydrogens is 408 g/mol. The van der Waals surface area contributed by atoms with E-state index in [-0.39, 0.29) is 12.3 Å². The summed E-state index contributed by atoms with van der Waals surface area (Å²) in [5.41, 5.74) is 5.64. The van der Waals surface area contributed by atoms with Crippen LogP contribution in [0.4, 0.5) is 0 Å². The highest BCUT2D eigenvalue weighted by Gasteiger charge is 2.40. The monoisotopic (exact) mass is 432 g/mol. The normalized spacial score (nSPS) is 18.7. The second-order valence-electron chi connectivity index (χ2n) is 8.36. The number of para-hydroxylation sites is 1. The maximum absolute atomic E-state index is 6.46. The van der Waals surface area contributed by atoms with Gasteiger partial charge in [-0.3, -0.25) is 0 Å². The van der Waals surface area contributed by atoms with Crippen molar-refractivity contribution in [1.82, 2.24) is 5.01 Å². The van der Waals surface area contributed by atoms with Crippen molar-refractivity contribution in [3.63, 3.8) is 0 Å². The van der Waals surface area contributed by atoms with Gasteiger partial charge in [0.05, 0.1) is 11.8 Å². The first-order chi connectivity index (χ1) is 16.3. The van der Waals surface area contributed by atoms with Crippen molar-refractivity contribution >= 4 is 5.71 Å². The zero-order valence-electron chi connectivity index (χ0n) is 18.2. The van der Waals surface area contributed by atoms with Gasteiger partial charge >= 0.3 is 0 Å². The Morgan fingerprint density at radius 3 is 2.27 bits per heavy atom. The summed E-state index contributed by atoms with van der Waals surface area (Å²) in [6, 6.07) is 37.2. The van der Waals surface area contributed by atoms with Crippen molar-refractivity contribution < 1.29 is 9.47 Å². The fraction of sp³-hybridized carbons (Fsp3) is 0.138. The third kappa shape index (κ3) is 3.85. The lowest BCUT2D eigenvalue weighted by atomic mass is 9.96. The lowest BCUT2D eigenvalue weighted by Gasteiger charge is -2.38. The molecule has 0 saturated carbocycles. The topological polar surface area (TPSA) is 34.1 Å². The molecule has 4 aromatic rings. The van der Waals surface area contributed by atoms with Crippen LogP contribution in [0.15, 0.2) is 114 Å². The van der Waals surface area contributed by atoms with E-state index in [4.69, 9.17) is 14.6 Å². The molecule has 2 heterocycles. The van der Waals surface area contributed by atoms with E-state index in [1.807, 2.05) is 42.5 Å². The molecule has 4 aromatic carbocycles. The number of hydrazone groups is 1. The molecule has 0 spiro atoms. The Hall–Kier alpha value is -4.05. The first kappa shape index (κ1) is 19.6. The molecule has 2 aliphatic heterocycles. The van der Waals surface area contributed by atoms with Crippen LogP contribution < -0.4 is 9.47 Å². The molecular formula is C29H24N2O2. The van der Waals surface area contributed by atoms with Crippen LogP contribution >= 0.6 is 0 Å². The molecule has 2 aliphatic rings. The first-order valence-electron chi connectivity index (χ1n) is 11.3. The third-order valence-corrected chi connectivity index (χ3v) is 6.22.